The van der Waals surface area contributed by atoms with Crippen LogP contribution in [0.15, 0.2) is 40.7 Å². The lowest BCUT2D eigenvalue weighted by molar-refractivity contribution is 0.146. The number of rotatable bonds is 6. The summed E-state index contributed by atoms with van der Waals surface area (Å²) >= 11 is 1.71. The third kappa shape index (κ3) is 3.09. The number of hydrogen-bond donors (Lipinski definition) is 1. The van der Waals surface area contributed by atoms with Crippen molar-refractivity contribution >= 4 is 17.2 Å². The zero-order valence-electron chi connectivity index (χ0n) is 12.0. The number of aliphatic imine (C=N–C) groups is 1. The van der Waals surface area contributed by atoms with Crippen molar-refractivity contribution < 1.29 is 9.47 Å². The highest BCUT2D eigenvalue weighted by atomic mass is 32.1. The van der Waals surface area contributed by atoms with E-state index >= 15 is 0 Å². The number of thiophene rings is 1. The molecular weight excluding hydrogens is 284 g/mol. The lowest BCUT2D eigenvalue weighted by Crippen LogP contribution is -2.21. The standard InChI is InChI=1S/C16H18N2O2S/c1-19-9-10-20-15-12(14-6-3-11-21-14)4-2-5-13(15)16-17-7-8-18-16/h2-6,11H,7-10H2,1H3,(H,17,18). The predicted octanol–water partition coefficient (Wildman–Crippen LogP) is 2.79. The molecule has 3 rings (SSSR count). The van der Waals surface area contributed by atoms with E-state index in [0.717, 1.165) is 35.8 Å². The van der Waals surface area contributed by atoms with E-state index in [9.17, 15) is 0 Å². The Bertz CT molecular complexity index is 623. The van der Waals surface area contributed by atoms with Crippen molar-refractivity contribution in [2.24, 2.45) is 4.99 Å². The van der Waals surface area contributed by atoms with E-state index in [1.165, 1.54) is 4.88 Å². The smallest absolute Gasteiger partial charge is 0.138 e. The van der Waals surface area contributed by atoms with Crippen LogP contribution >= 0.6 is 11.3 Å². The van der Waals surface area contributed by atoms with Crippen molar-refractivity contribution in [2.75, 3.05) is 33.4 Å². The van der Waals surface area contributed by atoms with Gasteiger partial charge in [0, 0.05) is 24.1 Å². The number of benzene rings is 1. The van der Waals surface area contributed by atoms with Crippen molar-refractivity contribution in [3.63, 3.8) is 0 Å². The minimum Gasteiger partial charge on any atom is -0.490 e. The van der Waals surface area contributed by atoms with Crippen molar-refractivity contribution in [1.29, 1.82) is 0 Å². The lowest BCUT2D eigenvalue weighted by Gasteiger charge is -2.15. The second kappa shape index (κ2) is 6.74. The first-order valence-electron chi connectivity index (χ1n) is 6.97. The molecule has 0 spiro atoms. The fourth-order valence-corrected chi connectivity index (χ4v) is 3.06. The maximum atomic E-state index is 6.01. The molecule has 0 aliphatic carbocycles. The van der Waals surface area contributed by atoms with Gasteiger partial charge in [-0.15, -0.1) is 11.3 Å². The van der Waals surface area contributed by atoms with Crippen molar-refractivity contribution in [2.45, 2.75) is 0 Å². The van der Waals surface area contributed by atoms with Crippen LogP contribution in [0, 0.1) is 0 Å². The Labute approximate surface area is 128 Å². The molecule has 0 saturated heterocycles. The molecule has 0 atom stereocenters. The minimum absolute atomic E-state index is 0.527. The molecule has 0 unspecified atom stereocenters. The molecule has 1 aromatic heterocycles. The summed E-state index contributed by atoms with van der Waals surface area (Å²) in [5.41, 5.74) is 2.13. The number of ether oxygens (including phenoxy) is 2. The van der Waals surface area contributed by atoms with E-state index in [-0.39, 0.29) is 0 Å². The topological polar surface area (TPSA) is 42.9 Å². The van der Waals surface area contributed by atoms with Gasteiger partial charge < -0.3 is 14.8 Å². The molecule has 2 aromatic rings. The molecule has 5 heteroatoms. The second-order valence-electron chi connectivity index (χ2n) is 4.66. The van der Waals surface area contributed by atoms with Gasteiger partial charge in [-0.3, -0.25) is 4.99 Å². The summed E-state index contributed by atoms with van der Waals surface area (Å²) in [4.78, 5) is 5.71. The largest absolute Gasteiger partial charge is 0.490 e. The highest BCUT2D eigenvalue weighted by molar-refractivity contribution is 7.13. The Hall–Kier alpha value is -1.85. The van der Waals surface area contributed by atoms with Gasteiger partial charge in [-0.2, -0.15) is 0 Å². The molecule has 1 aromatic carbocycles. The summed E-state index contributed by atoms with van der Waals surface area (Å²) in [5.74, 6) is 1.80. The van der Waals surface area contributed by atoms with Crippen LogP contribution in [0.5, 0.6) is 5.75 Å². The van der Waals surface area contributed by atoms with Crippen LogP contribution in [0.3, 0.4) is 0 Å². The van der Waals surface area contributed by atoms with Gasteiger partial charge in [0.2, 0.25) is 0 Å². The fourth-order valence-electron chi connectivity index (χ4n) is 2.31. The maximum absolute atomic E-state index is 6.01. The predicted molar refractivity (Wildman–Crippen MR) is 86.5 cm³/mol. The van der Waals surface area contributed by atoms with Crippen LogP contribution in [0.25, 0.3) is 10.4 Å². The number of amidine groups is 1. The van der Waals surface area contributed by atoms with Crippen LogP contribution < -0.4 is 10.1 Å². The summed E-state index contributed by atoms with van der Waals surface area (Å²) in [5, 5.41) is 5.39. The monoisotopic (exact) mass is 302 g/mol. The van der Waals surface area contributed by atoms with E-state index in [1.807, 2.05) is 0 Å². The molecule has 0 saturated carbocycles. The highest BCUT2D eigenvalue weighted by Crippen LogP contribution is 2.36. The first kappa shape index (κ1) is 14.1. The van der Waals surface area contributed by atoms with Gasteiger partial charge in [0.25, 0.3) is 0 Å². The Balaban J connectivity index is 2.00. The minimum atomic E-state index is 0.527. The molecule has 1 aliphatic rings. The first-order valence-corrected chi connectivity index (χ1v) is 7.85. The Morgan fingerprint density at radius 1 is 1.19 bits per heavy atom. The van der Waals surface area contributed by atoms with E-state index < -0.39 is 0 Å². The van der Waals surface area contributed by atoms with Crippen LogP contribution in [0.1, 0.15) is 5.56 Å². The third-order valence-electron chi connectivity index (χ3n) is 3.26. The molecule has 1 N–H and O–H groups in total. The number of methoxy groups -OCH3 is 1. The summed E-state index contributed by atoms with van der Waals surface area (Å²) in [6, 6.07) is 10.4. The zero-order valence-corrected chi connectivity index (χ0v) is 12.8. The van der Waals surface area contributed by atoms with Crippen molar-refractivity contribution in [1.82, 2.24) is 5.32 Å². The molecule has 110 valence electrons. The number of nitrogens with zero attached hydrogens (tertiary/aromatic N) is 1. The highest BCUT2D eigenvalue weighted by Gasteiger charge is 2.18. The van der Waals surface area contributed by atoms with Crippen molar-refractivity contribution in [3.05, 3.63) is 41.3 Å². The second-order valence-corrected chi connectivity index (χ2v) is 5.61. The van der Waals surface area contributed by atoms with E-state index in [0.29, 0.717) is 13.2 Å². The zero-order chi connectivity index (χ0) is 14.5. The normalized spacial score (nSPS) is 13.9. The Kier molecular flexibility index (Phi) is 4.52. The summed E-state index contributed by atoms with van der Waals surface area (Å²) in [6.07, 6.45) is 0. The molecule has 21 heavy (non-hydrogen) atoms. The molecule has 0 bridgehead atoms. The first-order chi connectivity index (χ1) is 10.4. The summed E-state index contributed by atoms with van der Waals surface area (Å²) in [7, 11) is 1.68. The summed E-state index contributed by atoms with van der Waals surface area (Å²) in [6.45, 7) is 2.80. The van der Waals surface area contributed by atoms with Gasteiger partial charge in [0.15, 0.2) is 0 Å². The Morgan fingerprint density at radius 3 is 2.81 bits per heavy atom. The average Bonchev–Trinajstić information content (AvgIpc) is 3.21. The van der Waals surface area contributed by atoms with E-state index in [1.54, 1.807) is 18.4 Å². The number of hydrogen-bond acceptors (Lipinski definition) is 5. The van der Waals surface area contributed by atoms with Gasteiger partial charge in [0.1, 0.15) is 18.2 Å². The molecular formula is C16H18N2O2S. The number of para-hydroxylation sites is 1. The van der Waals surface area contributed by atoms with E-state index in [2.05, 4.69) is 46.0 Å². The SMILES string of the molecule is COCCOc1c(C2=NCCN2)cccc1-c1cccs1. The van der Waals surface area contributed by atoms with Gasteiger partial charge in [-0.05, 0) is 23.6 Å². The van der Waals surface area contributed by atoms with Gasteiger partial charge in [0.05, 0.1) is 18.7 Å². The quantitative estimate of drug-likeness (QED) is 0.834. The molecule has 0 radical (unpaired) electrons. The van der Waals surface area contributed by atoms with Crippen LogP contribution in [0.4, 0.5) is 0 Å². The van der Waals surface area contributed by atoms with Crippen LogP contribution in [0.2, 0.25) is 0 Å². The summed E-state index contributed by atoms with van der Waals surface area (Å²) < 4.78 is 11.1. The number of nitrogens with one attached hydrogen (secondary N) is 1. The average molecular weight is 302 g/mol. The molecule has 0 fully saturated rings. The Morgan fingerprint density at radius 2 is 2.10 bits per heavy atom. The molecule has 0 amide bonds. The molecule has 4 nitrogen and oxygen atoms in total. The molecule has 2 heterocycles. The third-order valence-corrected chi connectivity index (χ3v) is 4.17. The van der Waals surface area contributed by atoms with E-state index in [4.69, 9.17) is 9.47 Å². The van der Waals surface area contributed by atoms with Crippen LogP contribution in [-0.4, -0.2) is 39.2 Å². The van der Waals surface area contributed by atoms with Gasteiger partial charge >= 0.3 is 0 Å². The van der Waals surface area contributed by atoms with Gasteiger partial charge in [-0.1, -0.05) is 12.1 Å². The molecule has 1 aliphatic heterocycles. The lowest BCUT2D eigenvalue weighted by atomic mass is 10.1. The fraction of sp³-hybridized carbons (Fsp3) is 0.312. The van der Waals surface area contributed by atoms with Crippen molar-refractivity contribution in [3.8, 4) is 16.2 Å². The maximum Gasteiger partial charge on any atom is 0.138 e. The van der Waals surface area contributed by atoms with Gasteiger partial charge in [-0.25, -0.2) is 0 Å². The van der Waals surface area contributed by atoms with Crippen LogP contribution in [-0.2, 0) is 4.74 Å².